The van der Waals surface area contributed by atoms with Gasteiger partial charge in [-0.15, -0.1) is 0 Å². The number of hydrogen-bond donors (Lipinski definition) is 2. The molecule has 0 amide bonds. The molecule has 1 aromatic carbocycles. The topological polar surface area (TPSA) is 107 Å². The first kappa shape index (κ1) is 19.1. The molecule has 4 rings (SSSR count). The molecule has 3 aromatic rings. The second kappa shape index (κ2) is 8.43. The first-order chi connectivity index (χ1) is 14.2. The van der Waals surface area contributed by atoms with E-state index in [9.17, 15) is 5.11 Å². The summed E-state index contributed by atoms with van der Waals surface area (Å²) in [6, 6.07) is 8.07. The molecule has 29 heavy (non-hydrogen) atoms. The summed E-state index contributed by atoms with van der Waals surface area (Å²) in [6.45, 7) is 0.832. The van der Waals surface area contributed by atoms with Gasteiger partial charge in [0.2, 0.25) is 0 Å². The van der Waals surface area contributed by atoms with Crippen LogP contribution in [0.15, 0.2) is 36.8 Å². The van der Waals surface area contributed by atoms with E-state index in [2.05, 4.69) is 26.3 Å². The van der Waals surface area contributed by atoms with Crippen LogP contribution in [0.5, 0.6) is 5.75 Å². The third-order valence-corrected chi connectivity index (χ3v) is 5.63. The summed E-state index contributed by atoms with van der Waals surface area (Å²) in [4.78, 5) is 16.0. The largest absolute Gasteiger partial charge is 0.497 e. The van der Waals surface area contributed by atoms with E-state index in [1.807, 2.05) is 18.2 Å². The number of rotatable bonds is 6. The van der Waals surface area contributed by atoms with Gasteiger partial charge in [-0.3, -0.25) is 4.98 Å². The Labute approximate surface area is 172 Å². The van der Waals surface area contributed by atoms with Crippen molar-refractivity contribution in [3.63, 3.8) is 0 Å². The molecule has 1 atom stereocenters. The van der Waals surface area contributed by atoms with Crippen LogP contribution in [0.2, 0.25) is 0 Å². The van der Waals surface area contributed by atoms with E-state index in [1.54, 1.807) is 19.5 Å². The molecule has 1 aliphatic rings. The van der Waals surface area contributed by atoms with Gasteiger partial charge in [0.05, 0.1) is 38.3 Å². The van der Waals surface area contributed by atoms with Crippen molar-refractivity contribution < 1.29 is 9.84 Å². The van der Waals surface area contributed by atoms with Gasteiger partial charge in [0, 0.05) is 6.54 Å². The highest BCUT2D eigenvalue weighted by Gasteiger charge is 2.28. The molecule has 2 aromatic heterocycles. The number of aliphatic hydroxyl groups is 1. The Morgan fingerprint density at radius 3 is 3.00 bits per heavy atom. The zero-order valence-corrected chi connectivity index (χ0v) is 16.7. The number of anilines is 3. The third-order valence-electron chi connectivity index (χ3n) is 4.81. The van der Waals surface area contributed by atoms with Crippen molar-refractivity contribution in [3.05, 3.63) is 52.8 Å². The molecule has 9 heteroatoms. The van der Waals surface area contributed by atoms with Crippen LogP contribution in [0.1, 0.15) is 34.9 Å². The van der Waals surface area contributed by atoms with Crippen LogP contribution in [-0.4, -0.2) is 33.7 Å². The Morgan fingerprint density at radius 2 is 2.24 bits per heavy atom. The average molecular weight is 408 g/mol. The molecule has 148 valence electrons. The highest BCUT2D eigenvalue weighted by molar-refractivity contribution is 7.16. The third kappa shape index (κ3) is 4.13. The normalized spacial score (nSPS) is 15.9. The van der Waals surface area contributed by atoms with Crippen molar-refractivity contribution in [2.45, 2.75) is 25.5 Å². The van der Waals surface area contributed by atoms with Gasteiger partial charge in [0.25, 0.3) is 0 Å². The Morgan fingerprint density at radius 1 is 1.34 bits per heavy atom. The lowest BCUT2D eigenvalue weighted by molar-refractivity contribution is 0.280. The van der Waals surface area contributed by atoms with Crippen molar-refractivity contribution in [1.82, 2.24) is 15.0 Å². The molecule has 3 heterocycles. The van der Waals surface area contributed by atoms with Gasteiger partial charge in [-0.05, 0) is 36.1 Å². The van der Waals surface area contributed by atoms with Crippen LogP contribution in [-0.2, 0) is 6.61 Å². The van der Waals surface area contributed by atoms with Crippen LogP contribution in [0.25, 0.3) is 0 Å². The summed E-state index contributed by atoms with van der Waals surface area (Å²) in [6.07, 6.45) is 6.93. The highest BCUT2D eigenvalue weighted by Crippen LogP contribution is 2.37. The number of aromatic nitrogens is 3. The van der Waals surface area contributed by atoms with Crippen molar-refractivity contribution in [1.29, 1.82) is 5.26 Å². The molecule has 0 aliphatic carbocycles. The lowest BCUT2D eigenvalue weighted by Crippen LogP contribution is -2.24. The molecular formula is C20H20N6O2S. The van der Waals surface area contributed by atoms with Crippen LogP contribution in [0.3, 0.4) is 0 Å². The molecular weight excluding hydrogens is 388 g/mol. The summed E-state index contributed by atoms with van der Waals surface area (Å²) >= 11 is 1.27. The van der Waals surface area contributed by atoms with Gasteiger partial charge in [0.15, 0.2) is 10.9 Å². The van der Waals surface area contributed by atoms with Crippen molar-refractivity contribution in [2.75, 3.05) is 23.9 Å². The number of nitrogens with zero attached hydrogens (tertiary/aromatic N) is 5. The number of ether oxygens (including phenoxy) is 1. The Kier molecular flexibility index (Phi) is 5.55. The number of nitriles is 1. The number of hydrogen-bond acceptors (Lipinski definition) is 9. The zero-order chi connectivity index (χ0) is 20.2. The lowest BCUT2D eigenvalue weighted by atomic mass is 10.0. The number of benzene rings is 1. The minimum atomic E-state index is -0.0331. The molecule has 8 nitrogen and oxygen atoms in total. The van der Waals surface area contributed by atoms with E-state index >= 15 is 0 Å². The van der Waals surface area contributed by atoms with Gasteiger partial charge >= 0.3 is 0 Å². The molecule has 0 bridgehead atoms. The molecule has 2 N–H and O–H groups in total. The van der Waals surface area contributed by atoms with Crippen LogP contribution < -0.4 is 15.0 Å². The standard InChI is InChI=1S/C20H20N6O2S/c1-28-15-6-13(12-27)5-14(7-15)17-3-2-4-26(17)19-11-22-10-18(24-19)25-20-23-9-16(8-21)29-20/h5-7,9-11,17,27H,2-4,12H2,1H3,(H,23,24,25). The fourth-order valence-corrected chi connectivity index (χ4v) is 4.14. The molecule has 1 saturated heterocycles. The van der Waals surface area contributed by atoms with Crippen LogP contribution in [0, 0.1) is 11.3 Å². The Hall–Kier alpha value is -3.22. The number of nitrogens with one attached hydrogen (secondary N) is 1. The SMILES string of the molecule is COc1cc(CO)cc(C2CCCN2c2cncc(Nc3ncc(C#N)s3)n2)c1. The molecule has 0 spiro atoms. The summed E-state index contributed by atoms with van der Waals surface area (Å²) in [5.74, 6) is 2.08. The van der Waals surface area contributed by atoms with Gasteiger partial charge in [-0.25, -0.2) is 9.97 Å². The zero-order valence-electron chi connectivity index (χ0n) is 15.9. The van der Waals surface area contributed by atoms with Gasteiger partial charge < -0.3 is 20.1 Å². The van der Waals surface area contributed by atoms with E-state index in [-0.39, 0.29) is 12.6 Å². The van der Waals surface area contributed by atoms with Crippen LogP contribution >= 0.6 is 11.3 Å². The minimum Gasteiger partial charge on any atom is -0.497 e. The number of aliphatic hydroxyl groups excluding tert-OH is 1. The fourth-order valence-electron chi connectivity index (χ4n) is 3.52. The average Bonchev–Trinajstić information content (AvgIpc) is 3.43. The van der Waals surface area contributed by atoms with E-state index < -0.39 is 0 Å². The summed E-state index contributed by atoms with van der Waals surface area (Å²) in [7, 11) is 1.63. The monoisotopic (exact) mass is 408 g/mol. The lowest BCUT2D eigenvalue weighted by Gasteiger charge is -2.26. The van der Waals surface area contributed by atoms with Crippen molar-refractivity contribution in [2.24, 2.45) is 0 Å². The fraction of sp³-hybridized carbons (Fsp3) is 0.300. The summed E-state index contributed by atoms with van der Waals surface area (Å²) < 4.78 is 5.40. The molecule has 0 saturated carbocycles. The first-order valence-electron chi connectivity index (χ1n) is 9.20. The highest BCUT2D eigenvalue weighted by atomic mass is 32.1. The quantitative estimate of drug-likeness (QED) is 0.639. The molecule has 1 unspecified atom stereocenters. The smallest absolute Gasteiger partial charge is 0.189 e. The Bertz CT molecular complexity index is 1030. The maximum atomic E-state index is 9.58. The Balaban J connectivity index is 1.60. The molecule has 0 radical (unpaired) electrons. The second-order valence-electron chi connectivity index (χ2n) is 6.65. The first-order valence-corrected chi connectivity index (χ1v) is 10.0. The second-order valence-corrected chi connectivity index (χ2v) is 7.68. The van der Waals surface area contributed by atoms with Crippen molar-refractivity contribution in [3.8, 4) is 11.8 Å². The maximum Gasteiger partial charge on any atom is 0.189 e. The van der Waals surface area contributed by atoms with E-state index in [1.165, 1.54) is 17.5 Å². The minimum absolute atomic E-state index is 0.0331. The van der Waals surface area contributed by atoms with Gasteiger partial charge in [0.1, 0.15) is 22.5 Å². The number of methoxy groups -OCH3 is 1. The summed E-state index contributed by atoms with van der Waals surface area (Å²) in [5.41, 5.74) is 1.91. The van der Waals surface area contributed by atoms with Crippen LogP contribution in [0.4, 0.5) is 16.8 Å². The van der Waals surface area contributed by atoms with E-state index in [0.717, 1.165) is 42.1 Å². The summed E-state index contributed by atoms with van der Waals surface area (Å²) in [5, 5.41) is 22.2. The maximum absolute atomic E-state index is 9.58. The van der Waals surface area contributed by atoms with Gasteiger partial charge in [-0.2, -0.15) is 5.26 Å². The number of thiazole rings is 1. The van der Waals surface area contributed by atoms with Crippen molar-refractivity contribution >= 4 is 28.1 Å². The van der Waals surface area contributed by atoms with E-state index in [0.29, 0.717) is 15.8 Å². The molecule has 1 fully saturated rings. The van der Waals surface area contributed by atoms with Gasteiger partial charge in [-0.1, -0.05) is 17.4 Å². The predicted octanol–water partition coefficient (Wildman–Crippen LogP) is 3.39. The van der Waals surface area contributed by atoms with E-state index in [4.69, 9.17) is 15.0 Å². The molecule has 1 aliphatic heterocycles. The predicted molar refractivity (Wildman–Crippen MR) is 110 cm³/mol.